The Balaban J connectivity index is 1.85. The molecular weight excluding hydrogens is 200 g/mol. The Morgan fingerprint density at radius 1 is 1.31 bits per heavy atom. The minimum absolute atomic E-state index is 0.00491. The molecule has 1 heterocycles. The number of hydrogen-bond acceptors (Lipinski definition) is 2. The molecule has 0 aromatic heterocycles. The number of esters is 1. The maximum absolute atomic E-state index is 11.7. The molecule has 3 aliphatic carbocycles. The van der Waals surface area contributed by atoms with E-state index in [1.165, 1.54) is 44.1 Å². The number of fused-ring (bicyclic) bond motifs is 1. The monoisotopic (exact) mass is 218 g/mol. The second kappa shape index (κ2) is 2.91. The number of hydrogen-bond donors (Lipinski definition) is 0. The van der Waals surface area contributed by atoms with Crippen molar-refractivity contribution in [3.63, 3.8) is 0 Å². The van der Waals surface area contributed by atoms with E-state index in [-0.39, 0.29) is 5.97 Å². The molecule has 16 heavy (non-hydrogen) atoms. The number of carbonyl (C=O) groups excluding carboxylic acids is 1. The van der Waals surface area contributed by atoms with Gasteiger partial charge in [-0.05, 0) is 54.9 Å². The summed E-state index contributed by atoms with van der Waals surface area (Å²) in [7, 11) is 0. The highest BCUT2D eigenvalue weighted by Gasteiger charge is 2.56. The van der Waals surface area contributed by atoms with E-state index in [9.17, 15) is 4.79 Å². The highest BCUT2D eigenvalue weighted by Crippen LogP contribution is 2.63. The van der Waals surface area contributed by atoms with Crippen molar-refractivity contribution in [1.29, 1.82) is 0 Å². The molecule has 2 saturated carbocycles. The zero-order valence-electron chi connectivity index (χ0n) is 9.63. The summed E-state index contributed by atoms with van der Waals surface area (Å²) in [5.74, 6) is 1.66. The summed E-state index contributed by atoms with van der Waals surface area (Å²) < 4.78 is 5.28. The van der Waals surface area contributed by atoms with Crippen LogP contribution in [0.1, 0.15) is 44.9 Å². The van der Waals surface area contributed by atoms with Crippen LogP contribution in [0.2, 0.25) is 0 Å². The summed E-state index contributed by atoms with van der Waals surface area (Å²) in [6.07, 6.45) is 9.22. The van der Waals surface area contributed by atoms with Crippen molar-refractivity contribution in [3.05, 3.63) is 11.1 Å². The van der Waals surface area contributed by atoms with Gasteiger partial charge in [-0.15, -0.1) is 0 Å². The Hall–Kier alpha value is -0.790. The first-order valence-corrected chi connectivity index (χ1v) is 6.69. The van der Waals surface area contributed by atoms with Gasteiger partial charge in [0.2, 0.25) is 0 Å². The van der Waals surface area contributed by atoms with Crippen LogP contribution < -0.4 is 0 Å². The zero-order valence-corrected chi connectivity index (χ0v) is 9.63. The molecule has 3 atom stereocenters. The minimum Gasteiger partial charge on any atom is -0.458 e. The first kappa shape index (κ1) is 9.26. The molecule has 0 aromatic carbocycles. The fraction of sp³-hybridized carbons (Fsp3) is 0.786. The Kier molecular flexibility index (Phi) is 1.68. The normalized spacial score (nSPS) is 45.4. The molecule has 1 aliphatic heterocycles. The largest absolute Gasteiger partial charge is 0.458 e. The molecule has 2 unspecified atom stereocenters. The van der Waals surface area contributed by atoms with Crippen LogP contribution in [0.3, 0.4) is 0 Å². The lowest BCUT2D eigenvalue weighted by molar-refractivity contribution is -0.136. The molecule has 86 valence electrons. The van der Waals surface area contributed by atoms with E-state index in [2.05, 4.69) is 0 Å². The third kappa shape index (κ3) is 0.964. The molecule has 0 radical (unpaired) electrons. The third-order valence-corrected chi connectivity index (χ3v) is 5.53. The summed E-state index contributed by atoms with van der Waals surface area (Å²) in [6, 6.07) is 0. The number of ether oxygens (including phenoxy) is 1. The molecule has 1 spiro atoms. The van der Waals surface area contributed by atoms with Crippen LogP contribution in [0.25, 0.3) is 0 Å². The third-order valence-electron chi connectivity index (χ3n) is 5.53. The predicted molar refractivity (Wildman–Crippen MR) is 59.7 cm³/mol. The summed E-state index contributed by atoms with van der Waals surface area (Å²) >= 11 is 0. The van der Waals surface area contributed by atoms with Crippen LogP contribution in [0.5, 0.6) is 0 Å². The van der Waals surface area contributed by atoms with Crippen molar-refractivity contribution in [2.24, 2.45) is 17.3 Å². The van der Waals surface area contributed by atoms with Gasteiger partial charge >= 0.3 is 5.97 Å². The number of cyclic esters (lactones) is 1. The van der Waals surface area contributed by atoms with Crippen molar-refractivity contribution in [3.8, 4) is 0 Å². The number of carbonyl (C=O) groups is 1. The minimum atomic E-state index is 0.00491. The Morgan fingerprint density at radius 2 is 2.25 bits per heavy atom. The standard InChI is InChI=1S/C14H18O2/c15-13-11-6-9-5-10-3-1-2-4-14(10,7-9)12(11)8-16-13/h9-10H,1-8H2/t9?,10-,14?/m0/s1. The molecule has 4 aliphatic rings. The van der Waals surface area contributed by atoms with Crippen molar-refractivity contribution in [1.82, 2.24) is 0 Å². The first-order chi connectivity index (χ1) is 7.79. The fourth-order valence-corrected chi connectivity index (χ4v) is 4.98. The van der Waals surface area contributed by atoms with Gasteiger partial charge in [0.05, 0.1) is 0 Å². The van der Waals surface area contributed by atoms with Crippen LogP contribution in [-0.4, -0.2) is 12.6 Å². The van der Waals surface area contributed by atoms with Crippen LogP contribution >= 0.6 is 0 Å². The van der Waals surface area contributed by atoms with Crippen molar-refractivity contribution in [2.75, 3.05) is 6.61 Å². The first-order valence-electron chi connectivity index (χ1n) is 6.69. The van der Waals surface area contributed by atoms with Crippen molar-refractivity contribution < 1.29 is 9.53 Å². The van der Waals surface area contributed by atoms with Crippen molar-refractivity contribution >= 4 is 5.97 Å². The smallest absolute Gasteiger partial charge is 0.334 e. The molecule has 0 saturated heterocycles. The molecule has 0 amide bonds. The average Bonchev–Trinajstić information content (AvgIpc) is 2.79. The molecule has 2 bridgehead atoms. The van der Waals surface area contributed by atoms with Crippen LogP contribution in [0.4, 0.5) is 0 Å². The Labute approximate surface area is 96.0 Å². The van der Waals surface area contributed by atoms with Gasteiger partial charge in [-0.2, -0.15) is 0 Å². The Bertz CT molecular complexity index is 396. The summed E-state index contributed by atoms with van der Waals surface area (Å²) in [4.78, 5) is 11.7. The van der Waals surface area contributed by atoms with Gasteiger partial charge in [-0.1, -0.05) is 12.8 Å². The summed E-state index contributed by atoms with van der Waals surface area (Å²) in [5, 5.41) is 0. The fourth-order valence-electron chi connectivity index (χ4n) is 4.98. The van der Waals surface area contributed by atoms with Gasteiger partial charge < -0.3 is 4.74 Å². The molecule has 2 fully saturated rings. The summed E-state index contributed by atoms with van der Waals surface area (Å²) in [6.45, 7) is 0.622. The van der Waals surface area contributed by atoms with Gasteiger partial charge in [0.25, 0.3) is 0 Å². The second-order valence-electron chi connectivity index (χ2n) is 6.14. The lowest BCUT2D eigenvalue weighted by Gasteiger charge is -2.42. The lowest BCUT2D eigenvalue weighted by Crippen LogP contribution is -2.33. The number of rotatable bonds is 0. The van der Waals surface area contributed by atoms with E-state index in [1.807, 2.05) is 0 Å². The van der Waals surface area contributed by atoms with E-state index >= 15 is 0 Å². The summed E-state index contributed by atoms with van der Waals surface area (Å²) in [5.41, 5.74) is 2.92. The van der Waals surface area contributed by atoms with Crippen LogP contribution in [-0.2, 0) is 9.53 Å². The van der Waals surface area contributed by atoms with Gasteiger partial charge in [0.15, 0.2) is 0 Å². The van der Waals surface area contributed by atoms with Crippen molar-refractivity contribution in [2.45, 2.75) is 44.9 Å². The highest BCUT2D eigenvalue weighted by atomic mass is 16.5. The Morgan fingerprint density at radius 3 is 3.19 bits per heavy atom. The zero-order chi connectivity index (χ0) is 10.8. The molecular formula is C14H18O2. The van der Waals surface area contributed by atoms with Gasteiger partial charge in [0.1, 0.15) is 6.61 Å². The lowest BCUT2D eigenvalue weighted by atomic mass is 9.62. The van der Waals surface area contributed by atoms with E-state index in [1.54, 1.807) is 0 Å². The van der Waals surface area contributed by atoms with E-state index in [0.717, 1.165) is 23.8 Å². The molecule has 4 rings (SSSR count). The van der Waals surface area contributed by atoms with E-state index < -0.39 is 0 Å². The van der Waals surface area contributed by atoms with E-state index in [0.29, 0.717) is 12.0 Å². The van der Waals surface area contributed by atoms with Gasteiger partial charge in [0, 0.05) is 5.57 Å². The maximum atomic E-state index is 11.7. The molecule has 0 N–H and O–H groups in total. The van der Waals surface area contributed by atoms with Crippen LogP contribution in [0, 0.1) is 17.3 Å². The maximum Gasteiger partial charge on any atom is 0.334 e. The average molecular weight is 218 g/mol. The predicted octanol–water partition coefficient (Wildman–Crippen LogP) is 2.83. The van der Waals surface area contributed by atoms with Gasteiger partial charge in [-0.3, -0.25) is 0 Å². The molecule has 2 heteroatoms. The molecule has 0 aromatic rings. The SMILES string of the molecule is O=C1OCC2=C1CC1C[C@@H]3CCCCC23C1. The highest BCUT2D eigenvalue weighted by molar-refractivity contribution is 5.92. The van der Waals surface area contributed by atoms with Gasteiger partial charge in [-0.25, -0.2) is 4.79 Å². The van der Waals surface area contributed by atoms with Crippen LogP contribution in [0.15, 0.2) is 11.1 Å². The second-order valence-corrected chi connectivity index (χ2v) is 6.14. The quantitative estimate of drug-likeness (QED) is 0.584. The van der Waals surface area contributed by atoms with E-state index in [4.69, 9.17) is 4.74 Å². The topological polar surface area (TPSA) is 26.3 Å². The molecule has 2 nitrogen and oxygen atoms in total.